The zero-order valence-corrected chi connectivity index (χ0v) is 12.8. The topological polar surface area (TPSA) is 81.6 Å². The second-order valence-corrected chi connectivity index (χ2v) is 5.68. The van der Waals surface area contributed by atoms with Crippen molar-refractivity contribution in [2.75, 3.05) is 20.2 Å². The monoisotopic (exact) mass is 291 g/mol. The highest BCUT2D eigenvalue weighted by Crippen LogP contribution is 2.32. The van der Waals surface area contributed by atoms with Gasteiger partial charge in [0, 0.05) is 12.6 Å². The lowest BCUT2D eigenvalue weighted by molar-refractivity contribution is -0.121. The van der Waals surface area contributed by atoms with E-state index in [1.165, 1.54) is 0 Å². The number of primary amides is 1. The van der Waals surface area contributed by atoms with Crippen LogP contribution in [0.3, 0.4) is 0 Å². The lowest BCUT2D eigenvalue weighted by Crippen LogP contribution is -2.40. The van der Waals surface area contributed by atoms with Gasteiger partial charge in [0.2, 0.25) is 5.91 Å². The summed E-state index contributed by atoms with van der Waals surface area (Å²) in [6.45, 7) is 3.62. The van der Waals surface area contributed by atoms with Crippen molar-refractivity contribution in [3.63, 3.8) is 0 Å². The standard InChI is InChI=1S/C16H25N3O2/c1-3-14(17)15(11-5-4-6-13(9-11)21-2)19-8-7-12(10-19)16(18)20/h4-6,9,12,14-15H,3,7-8,10,17H2,1-2H3,(H2,18,20). The SMILES string of the molecule is CCC(N)C(c1cccc(OC)c1)N1CCC(C(N)=O)C1. The van der Waals surface area contributed by atoms with Gasteiger partial charge in [0.15, 0.2) is 0 Å². The molecule has 1 heterocycles. The third kappa shape index (κ3) is 3.54. The van der Waals surface area contributed by atoms with Crippen LogP contribution in [-0.2, 0) is 4.79 Å². The van der Waals surface area contributed by atoms with Crippen LogP contribution >= 0.6 is 0 Å². The minimum absolute atomic E-state index is 0.0173. The minimum atomic E-state index is -0.216. The second-order valence-electron chi connectivity index (χ2n) is 5.68. The average Bonchev–Trinajstić information content (AvgIpc) is 2.97. The third-order valence-corrected chi connectivity index (χ3v) is 4.33. The number of methoxy groups -OCH3 is 1. The highest BCUT2D eigenvalue weighted by molar-refractivity contribution is 5.77. The Kier molecular flexibility index (Phi) is 5.20. The van der Waals surface area contributed by atoms with Gasteiger partial charge in [0.25, 0.3) is 0 Å². The molecule has 0 spiro atoms. The summed E-state index contributed by atoms with van der Waals surface area (Å²) >= 11 is 0. The van der Waals surface area contributed by atoms with Gasteiger partial charge in [-0.05, 0) is 37.1 Å². The summed E-state index contributed by atoms with van der Waals surface area (Å²) < 4.78 is 5.31. The van der Waals surface area contributed by atoms with Gasteiger partial charge in [0.1, 0.15) is 5.75 Å². The Labute approximate surface area is 126 Å². The predicted molar refractivity (Wildman–Crippen MR) is 82.9 cm³/mol. The van der Waals surface area contributed by atoms with Crippen LogP contribution in [0.1, 0.15) is 31.4 Å². The van der Waals surface area contributed by atoms with E-state index in [4.69, 9.17) is 16.2 Å². The van der Waals surface area contributed by atoms with Crippen LogP contribution in [0.5, 0.6) is 5.75 Å². The van der Waals surface area contributed by atoms with E-state index in [9.17, 15) is 4.79 Å². The lowest BCUT2D eigenvalue weighted by atomic mass is 9.96. The highest BCUT2D eigenvalue weighted by Gasteiger charge is 2.34. The molecule has 0 saturated carbocycles. The minimum Gasteiger partial charge on any atom is -0.497 e. The van der Waals surface area contributed by atoms with E-state index < -0.39 is 0 Å². The van der Waals surface area contributed by atoms with Crippen LogP contribution in [0.15, 0.2) is 24.3 Å². The van der Waals surface area contributed by atoms with E-state index in [2.05, 4.69) is 17.9 Å². The number of carbonyl (C=O) groups excluding carboxylic acids is 1. The normalized spacial score (nSPS) is 22.0. The Balaban J connectivity index is 2.24. The summed E-state index contributed by atoms with van der Waals surface area (Å²) in [6.07, 6.45) is 1.69. The molecule has 0 radical (unpaired) electrons. The Hall–Kier alpha value is -1.59. The van der Waals surface area contributed by atoms with Crippen LogP contribution in [-0.4, -0.2) is 37.0 Å². The maximum Gasteiger partial charge on any atom is 0.221 e. The summed E-state index contributed by atoms with van der Waals surface area (Å²) in [5.74, 6) is 0.542. The second kappa shape index (κ2) is 6.91. The van der Waals surface area contributed by atoms with Crippen molar-refractivity contribution in [3.05, 3.63) is 29.8 Å². The van der Waals surface area contributed by atoms with Crippen molar-refractivity contribution >= 4 is 5.91 Å². The zero-order chi connectivity index (χ0) is 15.4. The van der Waals surface area contributed by atoms with Crippen LogP contribution in [0.25, 0.3) is 0 Å². The van der Waals surface area contributed by atoms with E-state index in [0.29, 0.717) is 6.54 Å². The molecule has 0 aliphatic carbocycles. The lowest BCUT2D eigenvalue weighted by Gasteiger charge is -2.32. The first kappa shape index (κ1) is 15.8. The van der Waals surface area contributed by atoms with E-state index >= 15 is 0 Å². The fraction of sp³-hybridized carbons (Fsp3) is 0.562. The fourth-order valence-electron chi connectivity index (χ4n) is 3.05. The first-order valence-corrected chi connectivity index (χ1v) is 7.49. The molecule has 0 bridgehead atoms. The van der Waals surface area contributed by atoms with Gasteiger partial charge in [-0.15, -0.1) is 0 Å². The molecule has 3 unspecified atom stereocenters. The van der Waals surface area contributed by atoms with Gasteiger partial charge in [-0.1, -0.05) is 19.1 Å². The molecular formula is C16H25N3O2. The number of likely N-dealkylation sites (tertiary alicyclic amines) is 1. The van der Waals surface area contributed by atoms with Gasteiger partial charge >= 0.3 is 0 Å². The molecule has 1 aromatic rings. The quantitative estimate of drug-likeness (QED) is 0.827. The summed E-state index contributed by atoms with van der Waals surface area (Å²) in [5, 5.41) is 0. The molecule has 4 N–H and O–H groups in total. The molecule has 1 saturated heterocycles. The van der Waals surface area contributed by atoms with Crippen molar-refractivity contribution in [2.45, 2.75) is 31.8 Å². The molecule has 5 heteroatoms. The van der Waals surface area contributed by atoms with Crippen LogP contribution < -0.4 is 16.2 Å². The van der Waals surface area contributed by atoms with Crippen molar-refractivity contribution in [2.24, 2.45) is 17.4 Å². The third-order valence-electron chi connectivity index (χ3n) is 4.33. The smallest absolute Gasteiger partial charge is 0.221 e. The number of ether oxygens (including phenoxy) is 1. The zero-order valence-electron chi connectivity index (χ0n) is 12.8. The Morgan fingerprint density at radius 1 is 1.52 bits per heavy atom. The number of hydrogen-bond donors (Lipinski definition) is 2. The molecule has 5 nitrogen and oxygen atoms in total. The average molecular weight is 291 g/mol. The molecule has 1 amide bonds. The molecule has 21 heavy (non-hydrogen) atoms. The number of nitrogens with zero attached hydrogens (tertiary/aromatic N) is 1. The molecule has 1 aliphatic heterocycles. The molecule has 1 fully saturated rings. The van der Waals surface area contributed by atoms with Crippen molar-refractivity contribution < 1.29 is 9.53 Å². The molecule has 1 aromatic carbocycles. The number of amides is 1. The first-order valence-electron chi connectivity index (χ1n) is 7.49. The van der Waals surface area contributed by atoms with Gasteiger partial charge in [0.05, 0.1) is 19.1 Å². The number of rotatable bonds is 6. The van der Waals surface area contributed by atoms with Crippen molar-refractivity contribution in [3.8, 4) is 5.75 Å². The van der Waals surface area contributed by atoms with E-state index in [1.54, 1.807) is 7.11 Å². The number of benzene rings is 1. The molecular weight excluding hydrogens is 266 g/mol. The van der Waals surface area contributed by atoms with E-state index in [0.717, 1.165) is 30.7 Å². The predicted octanol–water partition coefficient (Wildman–Crippen LogP) is 1.28. The van der Waals surface area contributed by atoms with Gasteiger partial charge in [-0.2, -0.15) is 0 Å². The van der Waals surface area contributed by atoms with Gasteiger partial charge < -0.3 is 16.2 Å². The molecule has 2 rings (SSSR count). The first-order chi connectivity index (χ1) is 10.1. The maximum absolute atomic E-state index is 11.4. The summed E-state index contributed by atoms with van der Waals surface area (Å²) in [4.78, 5) is 13.7. The van der Waals surface area contributed by atoms with Crippen LogP contribution in [0, 0.1) is 5.92 Å². The summed E-state index contributed by atoms with van der Waals surface area (Å²) in [7, 11) is 1.66. The van der Waals surface area contributed by atoms with Gasteiger partial charge in [-0.25, -0.2) is 0 Å². The Morgan fingerprint density at radius 2 is 2.29 bits per heavy atom. The number of nitrogens with two attached hydrogens (primary N) is 2. The maximum atomic E-state index is 11.4. The molecule has 116 valence electrons. The summed E-state index contributed by atoms with van der Waals surface area (Å²) in [6, 6.07) is 8.11. The number of hydrogen-bond acceptors (Lipinski definition) is 4. The molecule has 3 atom stereocenters. The van der Waals surface area contributed by atoms with Crippen LogP contribution in [0.4, 0.5) is 0 Å². The Bertz CT molecular complexity index is 492. The fourth-order valence-corrected chi connectivity index (χ4v) is 3.05. The van der Waals surface area contributed by atoms with Crippen molar-refractivity contribution in [1.29, 1.82) is 0 Å². The van der Waals surface area contributed by atoms with Crippen molar-refractivity contribution in [1.82, 2.24) is 4.90 Å². The Morgan fingerprint density at radius 3 is 2.86 bits per heavy atom. The molecule has 1 aliphatic rings. The summed E-state index contributed by atoms with van der Waals surface area (Å²) in [5.41, 5.74) is 12.9. The molecule has 0 aromatic heterocycles. The largest absolute Gasteiger partial charge is 0.497 e. The number of carbonyl (C=O) groups is 1. The highest BCUT2D eigenvalue weighted by atomic mass is 16.5. The van der Waals surface area contributed by atoms with Crippen LogP contribution in [0.2, 0.25) is 0 Å². The van der Waals surface area contributed by atoms with Gasteiger partial charge in [-0.3, -0.25) is 9.69 Å². The van der Waals surface area contributed by atoms with E-state index in [1.807, 2.05) is 18.2 Å². The van der Waals surface area contributed by atoms with E-state index in [-0.39, 0.29) is 23.9 Å².